The predicted octanol–water partition coefficient (Wildman–Crippen LogP) is 3.76. The molecule has 0 bridgehead atoms. The van der Waals surface area contributed by atoms with Crippen LogP contribution < -0.4 is 4.90 Å². The molecule has 0 radical (unpaired) electrons. The van der Waals surface area contributed by atoms with E-state index in [4.69, 9.17) is 16.3 Å². The van der Waals surface area contributed by atoms with Crippen molar-refractivity contribution in [2.75, 3.05) is 24.7 Å². The minimum absolute atomic E-state index is 0.0506. The number of anilines is 1. The highest BCUT2D eigenvalue weighted by atomic mass is 35.5. The number of nitrogens with zero attached hydrogens (tertiary/aromatic N) is 2. The number of ether oxygens (including phenoxy) is 1. The molecule has 2 saturated heterocycles. The lowest BCUT2D eigenvalue weighted by atomic mass is 9.78. The lowest BCUT2D eigenvalue weighted by Crippen LogP contribution is -2.58. The van der Waals surface area contributed by atoms with Gasteiger partial charge in [0.15, 0.2) is 0 Å². The number of halogens is 1. The zero-order valence-electron chi connectivity index (χ0n) is 21.3. The molecular formula is C28H33ClN2O5S. The molecule has 1 spiro atoms. The van der Waals surface area contributed by atoms with Crippen molar-refractivity contribution in [1.29, 1.82) is 0 Å². The Balaban J connectivity index is 1.69. The maximum Gasteiger partial charge on any atom is 0.311 e. The molecule has 1 aromatic carbocycles. The van der Waals surface area contributed by atoms with Gasteiger partial charge in [0.2, 0.25) is 5.91 Å². The van der Waals surface area contributed by atoms with Crippen molar-refractivity contribution in [1.82, 2.24) is 4.90 Å². The average Bonchev–Trinajstić information content (AvgIpc) is 3.24. The molecule has 0 saturated carbocycles. The number of aliphatic hydroxyl groups is 1. The number of esters is 1. The number of benzene rings is 1. The number of carbonyl (C=O) groups is 3. The number of fused-ring (bicyclic) bond motifs is 2. The van der Waals surface area contributed by atoms with Crippen LogP contribution >= 0.6 is 23.4 Å². The Labute approximate surface area is 226 Å². The van der Waals surface area contributed by atoms with Gasteiger partial charge in [0, 0.05) is 11.8 Å². The molecular weight excluding hydrogens is 512 g/mol. The first-order valence-electron chi connectivity index (χ1n) is 12.9. The van der Waals surface area contributed by atoms with Gasteiger partial charge in [0.05, 0.1) is 46.5 Å². The number of rotatable bonds is 5. The predicted molar refractivity (Wildman–Crippen MR) is 144 cm³/mol. The first-order valence-corrected chi connectivity index (χ1v) is 14.2. The highest BCUT2D eigenvalue weighted by Gasteiger charge is 2.72. The fourth-order valence-corrected chi connectivity index (χ4v) is 8.70. The van der Waals surface area contributed by atoms with Crippen LogP contribution in [0.2, 0.25) is 5.02 Å². The Kier molecular flexibility index (Phi) is 7.20. The van der Waals surface area contributed by atoms with Crippen LogP contribution in [0.15, 0.2) is 42.5 Å². The Hall–Kier alpha value is -2.29. The molecule has 5 rings (SSSR count). The summed E-state index contributed by atoms with van der Waals surface area (Å²) in [5, 5.41) is 10.7. The van der Waals surface area contributed by atoms with Gasteiger partial charge in [-0.25, -0.2) is 0 Å². The normalized spacial score (nSPS) is 32.7. The van der Waals surface area contributed by atoms with Gasteiger partial charge in [-0.3, -0.25) is 14.4 Å². The zero-order valence-corrected chi connectivity index (χ0v) is 22.9. The van der Waals surface area contributed by atoms with Crippen molar-refractivity contribution in [2.45, 2.75) is 55.7 Å². The lowest BCUT2D eigenvalue weighted by Gasteiger charge is -2.40. The van der Waals surface area contributed by atoms with E-state index in [1.807, 2.05) is 57.2 Å². The molecule has 37 heavy (non-hydrogen) atoms. The third kappa shape index (κ3) is 4.03. The van der Waals surface area contributed by atoms with Gasteiger partial charge >= 0.3 is 5.97 Å². The van der Waals surface area contributed by atoms with Crippen LogP contribution in [0.1, 0.15) is 32.3 Å². The SMILES string of the molecule is CC[C@H](C)[C@H](CO)N1C(=O)[C@@H]2[C@H]3C(=O)OCCC=C[C@H]3S[C@@]23C=CCN(c2c(C)cccc2Cl)C(=O)C13. The van der Waals surface area contributed by atoms with Crippen molar-refractivity contribution in [3.05, 3.63) is 53.1 Å². The van der Waals surface area contributed by atoms with Gasteiger partial charge in [0.1, 0.15) is 6.04 Å². The molecule has 9 heteroatoms. The summed E-state index contributed by atoms with van der Waals surface area (Å²) in [5.41, 5.74) is 1.47. The van der Waals surface area contributed by atoms with Gasteiger partial charge in [-0.05, 0) is 30.9 Å². The number of amides is 2. The summed E-state index contributed by atoms with van der Waals surface area (Å²) in [7, 11) is 0. The number of cyclic esters (lactones) is 1. The number of hydrogen-bond donors (Lipinski definition) is 1. The monoisotopic (exact) mass is 544 g/mol. The molecule has 0 aliphatic carbocycles. The summed E-state index contributed by atoms with van der Waals surface area (Å²) in [6, 6.07) is 4.04. The Morgan fingerprint density at radius 2 is 2.03 bits per heavy atom. The smallest absolute Gasteiger partial charge is 0.311 e. The van der Waals surface area contributed by atoms with E-state index in [9.17, 15) is 19.5 Å². The quantitative estimate of drug-likeness (QED) is 0.449. The number of likely N-dealkylation sites (tertiary alicyclic amines) is 1. The van der Waals surface area contributed by atoms with Gasteiger partial charge < -0.3 is 19.6 Å². The van der Waals surface area contributed by atoms with Crippen molar-refractivity contribution < 1.29 is 24.2 Å². The maximum atomic E-state index is 14.6. The van der Waals surface area contributed by atoms with Gasteiger partial charge in [-0.2, -0.15) is 0 Å². The fourth-order valence-electron chi connectivity index (χ4n) is 6.38. The van der Waals surface area contributed by atoms with Crippen LogP contribution in [-0.4, -0.2) is 69.6 Å². The van der Waals surface area contributed by atoms with Crippen molar-refractivity contribution in [3.63, 3.8) is 0 Å². The number of hydrogen-bond acceptors (Lipinski definition) is 6. The van der Waals surface area contributed by atoms with Crippen molar-refractivity contribution in [3.8, 4) is 0 Å². The molecule has 7 nitrogen and oxygen atoms in total. The van der Waals surface area contributed by atoms with Crippen LogP contribution in [0, 0.1) is 24.7 Å². The molecule has 4 aliphatic heterocycles. The van der Waals surface area contributed by atoms with E-state index < -0.39 is 34.6 Å². The highest BCUT2D eigenvalue weighted by molar-refractivity contribution is 8.02. The van der Waals surface area contributed by atoms with Crippen molar-refractivity contribution >= 4 is 46.8 Å². The average molecular weight is 545 g/mol. The molecule has 4 heterocycles. The summed E-state index contributed by atoms with van der Waals surface area (Å²) in [6.07, 6.45) is 9.21. The molecule has 0 aromatic heterocycles. The molecule has 4 aliphatic rings. The topological polar surface area (TPSA) is 87.2 Å². The second-order valence-corrected chi connectivity index (χ2v) is 12.3. The van der Waals surface area contributed by atoms with E-state index >= 15 is 0 Å². The van der Waals surface area contributed by atoms with E-state index in [1.165, 1.54) is 11.8 Å². The summed E-state index contributed by atoms with van der Waals surface area (Å²) < 4.78 is 4.57. The largest absolute Gasteiger partial charge is 0.465 e. The van der Waals surface area contributed by atoms with E-state index in [2.05, 4.69) is 0 Å². The second kappa shape index (κ2) is 10.1. The maximum absolute atomic E-state index is 14.6. The summed E-state index contributed by atoms with van der Waals surface area (Å²) in [4.78, 5) is 45.4. The summed E-state index contributed by atoms with van der Waals surface area (Å²) in [6.45, 7) is 6.17. The zero-order chi connectivity index (χ0) is 26.5. The first kappa shape index (κ1) is 26.3. The third-order valence-electron chi connectivity index (χ3n) is 8.36. The van der Waals surface area contributed by atoms with E-state index in [0.717, 1.165) is 12.0 Å². The molecule has 7 atom stereocenters. The number of carbonyl (C=O) groups excluding carboxylic acids is 3. The minimum Gasteiger partial charge on any atom is -0.465 e. The lowest BCUT2D eigenvalue weighted by molar-refractivity contribution is -0.153. The standard InChI is InChI=1S/C28H33ClN2O5S/c1-4-16(2)19(15-32)31-24-26(34)30(23-17(3)9-7-10-18(23)29)13-8-12-28(24)22(25(31)33)21-20(37-28)11-5-6-14-36-27(21)35/h5,7-12,16,19-22,24,32H,4,6,13-15H2,1-3H3/t16-,19-,20+,21-,22-,24?,28-/m0/s1. The van der Waals surface area contributed by atoms with Crippen LogP contribution in [0.4, 0.5) is 5.69 Å². The van der Waals surface area contributed by atoms with Gasteiger partial charge in [-0.15, -0.1) is 11.8 Å². The van der Waals surface area contributed by atoms with E-state index in [1.54, 1.807) is 15.9 Å². The van der Waals surface area contributed by atoms with Crippen LogP contribution in [-0.2, 0) is 19.1 Å². The Morgan fingerprint density at radius 1 is 1.24 bits per heavy atom. The van der Waals surface area contributed by atoms with Gasteiger partial charge in [0.25, 0.3) is 5.91 Å². The van der Waals surface area contributed by atoms with Gasteiger partial charge in [-0.1, -0.05) is 68.3 Å². The van der Waals surface area contributed by atoms with Crippen molar-refractivity contribution in [2.24, 2.45) is 17.8 Å². The molecule has 1 aromatic rings. The summed E-state index contributed by atoms with van der Waals surface area (Å²) >= 11 is 8.10. The number of aliphatic hydroxyl groups excluding tert-OH is 1. The number of para-hydroxylation sites is 1. The van der Waals surface area contributed by atoms with Crippen LogP contribution in [0.25, 0.3) is 0 Å². The second-order valence-electron chi connectivity index (χ2n) is 10.4. The molecule has 1 unspecified atom stereocenters. The molecule has 2 amide bonds. The van der Waals surface area contributed by atoms with E-state index in [0.29, 0.717) is 23.7 Å². The third-order valence-corrected chi connectivity index (χ3v) is 10.4. The molecule has 1 N–H and O–H groups in total. The molecule has 198 valence electrons. The Morgan fingerprint density at radius 3 is 2.73 bits per heavy atom. The Bertz CT molecular complexity index is 1150. The fraction of sp³-hybridized carbons (Fsp3) is 0.536. The number of aryl methyl sites for hydroxylation is 1. The van der Waals surface area contributed by atoms with E-state index in [-0.39, 0.29) is 36.2 Å². The van der Waals surface area contributed by atoms with Crippen LogP contribution in [0.3, 0.4) is 0 Å². The molecule has 2 fully saturated rings. The van der Waals surface area contributed by atoms with Crippen LogP contribution in [0.5, 0.6) is 0 Å². The highest BCUT2D eigenvalue weighted by Crippen LogP contribution is 2.61. The first-order chi connectivity index (χ1) is 17.8. The minimum atomic E-state index is -0.970. The number of thioether (sulfide) groups is 1. The summed E-state index contributed by atoms with van der Waals surface area (Å²) in [5.74, 6) is -2.45.